The maximum atomic E-state index is 2.44. The molecule has 0 amide bonds. The summed E-state index contributed by atoms with van der Waals surface area (Å²) in [7, 11) is 0. The fraction of sp³-hybridized carbons (Fsp3) is 0. The lowest BCUT2D eigenvalue weighted by molar-refractivity contribution is 1.17. The van der Waals surface area contributed by atoms with E-state index >= 15 is 0 Å². The maximum Gasteiger partial charge on any atom is 0.0562 e. The second-order valence-corrected chi connectivity index (χ2v) is 14.6. The number of hydrogen-bond donors (Lipinski definition) is 0. The van der Waals surface area contributed by atoms with Gasteiger partial charge in [-0.3, -0.25) is 0 Å². The fourth-order valence-electron chi connectivity index (χ4n) is 8.79. The lowest BCUT2D eigenvalue weighted by Gasteiger charge is -2.25. The van der Waals surface area contributed by atoms with Gasteiger partial charge in [0.25, 0.3) is 0 Å². The van der Waals surface area contributed by atoms with Crippen LogP contribution in [-0.4, -0.2) is 9.13 Å². The van der Waals surface area contributed by atoms with Gasteiger partial charge in [0.05, 0.1) is 22.1 Å². The van der Waals surface area contributed by atoms with Crippen LogP contribution in [0, 0.1) is 0 Å². The van der Waals surface area contributed by atoms with Crippen LogP contribution < -0.4 is 9.80 Å². The van der Waals surface area contributed by atoms with Gasteiger partial charge in [0.1, 0.15) is 0 Å². The molecule has 0 saturated heterocycles. The van der Waals surface area contributed by atoms with Gasteiger partial charge in [0.15, 0.2) is 0 Å². The third-order valence-corrected chi connectivity index (χ3v) is 11.2. The van der Waals surface area contributed by atoms with Gasteiger partial charge in [0, 0.05) is 67.0 Å². The summed E-state index contributed by atoms with van der Waals surface area (Å²) >= 11 is 0. The molecule has 0 aliphatic rings. The van der Waals surface area contributed by atoms with E-state index in [-0.39, 0.29) is 0 Å². The molecule has 11 aromatic rings. The summed E-state index contributed by atoms with van der Waals surface area (Å²) in [6, 6.07) is 82.7. The third-order valence-electron chi connectivity index (χ3n) is 11.2. The Bertz CT molecular complexity index is 3110. The van der Waals surface area contributed by atoms with Crippen LogP contribution in [0.4, 0.5) is 34.1 Å². The number of para-hydroxylation sites is 6. The molecule has 274 valence electrons. The Balaban J connectivity index is 1.25. The Morgan fingerprint density at radius 2 is 0.586 bits per heavy atom. The highest BCUT2D eigenvalue weighted by Crippen LogP contribution is 2.46. The van der Waals surface area contributed by atoms with Crippen LogP contribution in [0.2, 0.25) is 0 Å². The van der Waals surface area contributed by atoms with Crippen molar-refractivity contribution < 1.29 is 0 Å². The average molecular weight is 743 g/mol. The molecular weight excluding hydrogens is 705 g/mol. The Kier molecular flexibility index (Phi) is 8.11. The fourth-order valence-corrected chi connectivity index (χ4v) is 8.79. The molecule has 0 fully saturated rings. The number of nitrogens with zero attached hydrogens (tertiary/aromatic N) is 4. The lowest BCUT2D eigenvalue weighted by atomic mass is 10.0. The molecule has 0 saturated carbocycles. The second kappa shape index (κ2) is 14.0. The SMILES string of the molecule is c1ccc(N(c2ccccc2)c2ccc3c(c2)c2c4c5ccc(N(c6ccccc6)c6ccccc6)cc5n(-c5ccccc5)c4ccc2n3-c2ccccc2)cc1. The van der Waals surface area contributed by atoms with Crippen molar-refractivity contribution in [2.45, 2.75) is 0 Å². The van der Waals surface area contributed by atoms with Gasteiger partial charge in [-0.25, -0.2) is 0 Å². The smallest absolute Gasteiger partial charge is 0.0562 e. The molecule has 0 aliphatic heterocycles. The number of fused-ring (bicyclic) bond motifs is 7. The molecule has 4 heteroatoms. The normalized spacial score (nSPS) is 11.4. The van der Waals surface area contributed by atoms with Crippen LogP contribution in [0.1, 0.15) is 0 Å². The van der Waals surface area contributed by atoms with Crippen LogP contribution in [0.25, 0.3) is 55.0 Å². The number of hydrogen-bond acceptors (Lipinski definition) is 2. The molecule has 0 unspecified atom stereocenters. The minimum absolute atomic E-state index is 1.09. The van der Waals surface area contributed by atoms with E-state index in [4.69, 9.17) is 0 Å². The summed E-state index contributed by atoms with van der Waals surface area (Å²) in [6.45, 7) is 0. The van der Waals surface area contributed by atoms with E-state index in [1.807, 2.05) is 0 Å². The summed E-state index contributed by atoms with van der Waals surface area (Å²) < 4.78 is 4.87. The largest absolute Gasteiger partial charge is 0.310 e. The molecule has 9 aromatic carbocycles. The number of benzene rings is 9. The molecule has 0 atom stereocenters. The first-order chi connectivity index (χ1) is 28.8. The molecule has 2 heterocycles. The molecule has 0 spiro atoms. The van der Waals surface area contributed by atoms with Gasteiger partial charge in [-0.1, -0.05) is 115 Å². The van der Waals surface area contributed by atoms with Crippen molar-refractivity contribution in [3.05, 3.63) is 231 Å². The molecule has 11 rings (SSSR count). The average Bonchev–Trinajstić information content (AvgIpc) is 3.81. The lowest BCUT2D eigenvalue weighted by Crippen LogP contribution is -2.09. The first-order valence-corrected chi connectivity index (χ1v) is 19.8. The van der Waals surface area contributed by atoms with E-state index in [0.717, 1.165) is 62.0 Å². The van der Waals surface area contributed by atoms with E-state index in [1.165, 1.54) is 27.1 Å². The molecule has 0 bridgehead atoms. The highest BCUT2D eigenvalue weighted by Gasteiger charge is 2.23. The molecular formula is C54H38N4. The first kappa shape index (κ1) is 33.5. The highest BCUT2D eigenvalue weighted by atomic mass is 15.1. The minimum atomic E-state index is 1.09. The third kappa shape index (κ3) is 5.54. The topological polar surface area (TPSA) is 16.3 Å². The first-order valence-electron chi connectivity index (χ1n) is 19.8. The Labute approximate surface area is 337 Å². The van der Waals surface area contributed by atoms with Crippen molar-refractivity contribution in [3.63, 3.8) is 0 Å². The van der Waals surface area contributed by atoms with Gasteiger partial charge in [-0.15, -0.1) is 0 Å². The number of rotatable bonds is 8. The Morgan fingerprint density at radius 1 is 0.241 bits per heavy atom. The van der Waals surface area contributed by atoms with E-state index < -0.39 is 0 Å². The van der Waals surface area contributed by atoms with Gasteiger partial charge in [-0.2, -0.15) is 0 Å². The monoisotopic (exact) mass is 742 g/mol. The van der Waals surface area contributed by atoms with Crippen molar-refractivity contribution in [3.8, 4) is 11.4 Å². The molecule has 0 aliphatic carbocycles. The number of aromatic nitrogens is 2. The van der Waals surface area contributed by atoms with E-state index in [2.05, 4.69) is 249 Å². The van der Waals surface area contributed by atoms with Gasteiger partial charge in [-0.05, 0) is 115 Å². The summed E-state index contributed by atoms with van der Waals surface area (Å²) in [5.74, 6) is 0. The number of anilines is 6. The predicted octanol–water partition coefficient (Wildman–Crippen LogP) is 14.8. The van der Waals surface area contributed by atoms with Crippen molar-refractivity contribution >= 4 is 77.7 Å². The quantitative estimate of drug-likeness (QED) is 0.154. The standard InChI is InChI=1S/C54H38N4/c1-7-19-39(20-8-1)55(40-21-9-2-10-22-40)45-32-34-49-48(37-45)54-51(57(49)43-27-15-5-16-28-43)36-35-50-53(54)47-33-31-46(38-52(47)58(50)44-29-17-6-18-30-44)56(41-23-11-3-12-24-41)42-25-13-4-14-26-42/h1-38H. The molecule has 58 heavy (non-hydrogen) atoms. The van der Waals surface area contributed by atoms with Crippen LogP contribution >= 0.6 is 0 Å². The Hall–Kier alpha value is -7.82. The van der Waals surface area contributed by atoms with Crippen LogP contribution in [0.5, 0.6) is 0 Å². The van der Waals surface area contributed by atoms with E-state index in [9.17, 15) is 0 Å². The van der Waals surface area contributed by atoms with Gasteiger partial charge in [0.2, 0.25) is 0 Å². The summed E-state index contributed by atoms with van der Waals surface area (Å²) in [4.78, 5) is 4.70. The minimum Gasteiger partial charge on any atom is -0.310 e. The second-order valence-electron chi connectivity index (χ2n) is 14.6. The molecule has 4 nitrogen and oxygen atoms in total. The van der Waals surface area contributed by atoms with Crippen molar-refractivity contribution in [1.82, 2.24) is 9.13 Å². The molecule has 0 N–H and O–H groups in total. The summed E-state index contributed by atoms with van der Waals surface area (Å²) in [6.07, 6.45) is 0. The van der Waals surface area contributed by atoms with E-state index in [1.54, 1.807) is 0 Å². The highest BCUT2D eigenvalue weighted by molar-refractivity contribution is 6.29. The predicted molar refractivity (Wildman–Crippen MR) is 244 cm³/mol. The zero-order valence-electron chi connectivity index (χ0n) is 31.7. The van der Waals surface area contributed by atoms with Crippen LogP contribution in [0.15, 0.2) is 231 Å². The Morgan fingerprint density at radius 3 is 1.03 bits per heavy atom. The van der Waals surface area contributed by atoms with Crippen molar-refractivity contribution in [2.24, 2.45) is 0 Å². The zero-order chi connectivity index (χ0) is 38.4. The van der Waals surface area contributed by atoms with Gasteiger partial charge < -0.3 is 18.9 Å². The van der Waals surface area contributed by atoms with E-state index in [0.29, 0.717) is 0 Å². The van der Waals surface area contributed by atoms with Gasteiger partial charge >= 0.3 is 0 Å². The van der Waals surface area contributed by atoms with Crippen molar-refractivity contribution in [1.29, 1.82) is 0 Å². The maximum absolute atomic E-state index is 2.44. The van der Waals surface area contributed by atoms with Crippen LogP contribution in [-0.2, 0) is 0 Å². The molecule has 0 radical (unpaired) electrons. The zero-order valence-corrected chi connectivity index (χ0v) is 31.7. The van der Waals surface area contributed by atoms with Crippen LogP contribution in [0.3, 0.4) is 0 Å². The molecule has 2 aromatic heterocycles. The summed E-state index contributed by atoms with van der Waals surface area (Å²) in [5, 5.41) is 4.87. The summed E-state index contributed by atoms with van der Waals surface area (Å²) in [5.41, 5.74) is 13.5. The van der Waals surface area contributed by atoms with Crippen molar-refractivity contribution in [2.75, 3.05) is 9.80 Å².